The fourth-order valence-corrected chi connectivity index (χ4v) is 1.69. The van der Waals surface area contributed by atoms with Crippen LogP contribution in [0.4, 0.5) is 11.6 Å². The van der Waals surface area contributed by atoms with Crippen molar-refractivity contribution in [3.8, 4) is 0 Å². The molecule has 0 saturated heterocycles. The molecule has 0 unspecified atom stereocenters. The van der Waals surface area contributed by atoms with Crippen LogP contribution in [0, 0.1) is 0 Å². The van der Waals surface area contributed by atoms with Gasteiger partial charge in [0.1, 0.15) is 17.5 Å². The van der Waals surface area contributed by atoms with Crippen LogP contribution in [0.1, 0.15) is 32.3 Å². The van der Waals surface area contributed by atoms with Crippen molar-refractivity contribution in [3.63, 3.8) is 0 Å². The van der Waals surface area contributed by atoms with Gasteiger partial charge in [0.25, 0.3) is 0 Å². The van der Waals surface area contributed by atoms with Crippen LogP contribution in [0.15, 0.2) is 30.5 Å². The molecule has 2 aromatic heterocycles. The number of nitrogens with zero attached hydrogens (tertiary/aromatic N) is 3. The first-order valence-corrected chi connectivity index (χ1v) is 6.70. The monoisotopic (exact) mass is 271 g/mol. The molecular formula is C15H21N5. The molecule has 0 bridgehead atoms. The summed E-state index contributed by atoms with van der Waals surface area (Å²) >= 11 is 0. The molecule has 0 aliphatic carbocycles. The Morgan fingerprint density at radius 1 is 1.10 bits per heavy atom. The first kappa shape index (κ1) is 14.2. The number of anilines is 2. The maximum absolute atomic E-state index is 4.58. The third-order valence-corrected chi connectivity index (χ3v) is 2.83. The molecule has 0 spiro atoms. The Morgan fingerprint density at radius 2 is 1.85 bits per heavy atom. The number of aromatic nitrogens is 3. The summed E-state index contributed by atoms with van der Waals surface area (Å²) in [5.74, 6) is 2.43. The normalized spacial score (nSPS) is 11.2. The summed E-state index contributed by atoms with van der Waals surface area (Å²) in [6.45, 7) is 6.95. The number of hydrogen-bond acceptors (Lipinski definition) is 5. The lowest BCUT2D eigenvalue weighted by atomic mass is 9.96. The van der Waals surface area contributed by atoms with Crippen LogP contribution in [0.3, 0.4) is 0 Å². The average molecular weight is 271 g/mol. The zero-order valence-corrected chi connectivity index (χ0v) is 12.4. The second kappa shape index (κ2) is 5.86. The minimum absolute atomic E-state index is 0.0890. The summed E-state index contributed by atoms with van der Waals surface area (Å²) in [5.41, 5.74) is 0.892. The van der Waals surface area contributed by atoms with E-state index in [2.05, 4.69) is 46.4 Å². The second-order valence-electron chi connectivity index (χ2n) is 5.64. The van der Waals surface area contributed by atoms with Gasteiger partial charge in [-0.15, -0.1) is 0 Å². The highest BCUT2D eigenvalue weighted by Crippen LogP contribution is 2.22. The van der Waals surface area contributed by atoms with Crippen molar-refractivity contribution < 1.29 is 0 Å². The molecule has 0 fully saturated rings. The number of hydrogen-bond donors (Lipinski definition) is 2. The Kier molecular flexibility index (Phi) is 4.17. The Bertz CT molecular complexity index is 560. The van der Waals surface area contributed by atoms with Crippen molar-refractivity contribution in [1.29, 1.82) is 0 Å². The van der Waals surface area contributed by atoms with E-state index in [0.717, 1.165) is 23.2 Å². The molecule has 0 radical (unpaired) electrons. The second-order valence-corrected chi connectivity index (χ2v) is 5.64. The Labute approximate surface area is 119 Å². The van der Waals surface area contributed by atoms with Crippen molar-refractivity contribution in [1.82, 2.24) is 15.0 Å². The van der Waals surface area contributed by atoms with E-state index in [1.54, 1.807) is 6.20 Å². The van der Waals surface area contributed by atoms with Gasteiger partial charge in [0.2, 0.25) is 0 Å². The number of pyridine rings is 1. The average Bonchev–Trinajstić information content (AvgIpc) is 2.45. The van der Waals surface area contributed by atoms with Gasteiger partial charge < -0.3 is 10.6 Å². The first-order chi connectivity index (χ1) is 9.49. The molecule has 2 rings (SSSR count). The molecule has 2 N–H and O–H groups in total. The highest BCUT2D eigenvalue weighted by Gasteiger charge is 2.18. The largest absolute Gasteiger partial charge is 0.373 e. The fraction of sp³-hybridized carbons (Fsp3) is 0.400. The van der Waals surface area contributed by atoms with Crippen molar-refractivity contribution in [2.24, 2.45) is 0 Å². The van der Waals surface area contributed by atoms with E-state index in [9.17, 15) is 0 Å². The predicted octanol–water partition coefficient (Wildman–Crippen LogP) is 2.82. The maximum atomic E-state index is 4.58. The molecule has 0 saturated carbocycles. The zero-order valence-electron chi connectivity index (χ0n) is 12.4. The van der Waals surface area contributed by atoms with Crippen LogP contribution in [0.25, 0.3) is 0 Å². The Hall–Kier alpha value is -2.17. The summed E-state index contributed by atoms with van der Waals surface area (Å²) in [4.78, 5) is 13.4. The number of rotatable bonds is 4. The van der Waals surface area contributed by atoms with Gasteiger partial charge in [-0.25, -0.2) is 9.97 Å². The summed E-state index contributed by atoms with van der Waals surface area (Å²) in [6.07, 6.45) is 1.79. The van der Waals surface area contributed by atoms with E-state index in [-0.39, 0.29) is 5.41 Å². The molecule has 20 heavy (non-hydrogen) atoms. The molecule has 0 atom stereocenters. The molecule has 106 valence electrons. The molecule has 2 aromatic rings. The van der Waals surface area contributed by atoms with Crippen LogP contribution in [0.5, 0.6) is 0 Å². The zero-order chi connectivity index (χ0) is 14.6. The summed E-state index contributed by atoms with van der Waals surface area (Å²) in [5, 5.41) is 6.37. The van der Waals surface area contributed by atoms with Crippen molar-refractivity contribution >= 4 is 11.6 Å². The Morgan fingerprint density at radius 3 is 2.45 bits per heavy atom. The van der Waals surface area contributed by atoms with Crippen LogP contribution < -0.4 is 10.6 Å². The van der Waals surface area contributed by atoms with Gasteiger partial charge in [-0.2, -0.15) is 0 Å². The van der Waals surface area contributed by atoms with Crippen LogP contribution >= 0.6 is 0 Å². The molecular weight excluding hydrogens is 250 g/mol. The molecule has 5 nitrogen and oxygen atoms in total. The van der Waals surface area contributed by atoms with Crippen molar-refractivity contribution in [2.45, 2.75) is 32.7 Å². The fourth-order valence-electron chi connectivity index (χ4n) is 1.69. The van der Waals surface area contributed by atoms with Gasteiger partial charge in [0.05, 0.1) is 12.2 Å². The highest BCUT2D eigenvalue weighted by molar-refractivity contribution is 5.48. The summed E-state index contributed by atoms with van der Waals surface area (Å²) < 4.78 is 0. The third kappa shape index (κ3) is 3.66. The summed E-state index contributed by atoms with van der Waals surface area (Å²) in [7, 11) is 1.86. The van der Waals surface area contributed by atoms with Crippen molar-refractivity contribution in [2.75, 3.05) is 17.7 Å². The standard InChI is InChI=1S/C15H21N5/c1-15(2,3)14-19-12(16-4)9-13(20-14)18-10-11-7-5-6-8-17-11/h5-9H,10H2,1-4H3,(H2,16,18,19,20). The van der Waals surface area contributed by atoms with E-state index < -0.39 is 0 Å². The van der Waals surface area contributed by atoms with Crippen LogP contribution in [0.2, 0.25) is 0 Å². The lowest BCUT2D eigenvalue weighted by Gasteiger charge is -2.18. The molecule has 5 heteroatoms. The van der Waals surface area contributed by atoms with E-state index in [1.165, 1.54) is 0 Å². The smallest absolute Gasteiger partial charge is 0.138 e. The predicted molar refractivity (Wildman–Crippen MR) is 81.8 cm³/mol. The summed E-state index contributed by atoms with van der Waals surface area (Å²) in [6, 6.07) is 7.77. The van der Waals surface area contributed by atoms with Gasteiger partial charge >= 0.3 is 0 Å². The maximum Gasteiger partial charge on any atom is 0.138 e. The van der Waals surface area contributed by atoms with Crippen LogP contribution in [-0.4, -0.2) is 22.0 Å². The van der Waals surface area contributed by atoms with Gasteiger partial charge in [-0.1, -0.05) is 26.8 Å². The van der Waals surface area contributed by atoms with Gasteiger partial charge in [0.15, 0.2) is 0 Å². The lowest BCUT2D eigenvalue weighted by molar-refractivity contribution is 0.546. The van der Waals surface area contributed by atoms with Gasteiger partial charge in [0, 0.05) is 24.7 Å². The van der Waals surface area contributed by atoms with Gasteiger partial charge in [-0.3, -0.25) is 4.98 Å². The third-order valence-electron chi connectivity index (χ3n) is 2.83. The first-order valence-electron chi connectivity index (χ1n) is 6.70. The molecule has 0 amide bonds. The topological polar surface area (TPSA) is 62.7 Å². The Balaban J connectivity index is 2.19. The van der Waals surface area contributed by atoms with E-state index in [1.807, 2.05) is 31.3 Å². The molecule has 0 aliphatic rings. The number of nitrogens with one attached hydrogen (secondary N) is 2. The minimum atomic E-state index is -0.0890. The lowest BCUT2D eigenvalue weighted by Crippen LogP contribution is -2.18. The molecule has 2 heterocycles. The van der Waals surface area contributed by atoms with E-state index >= 15 is 0 Å². The van der Waals surface area contributed by atoms with E-state index in [0.29, 0.717) is 6.54 Å². The van der Waals surface area contributed by atoms with E-state index in [4.69, 9.17) is 0 Å². The molecule has 0 aliphatic heterocycles. The van der Waals surface area contributed by atoms with Gasteiger partial charge in [-0.05, 0) is 12.1 Å². The minimum Gasteiger partial charge on any atom is -0.373 e. The quantitative estimate of drug-likeness (QED) is 0.895. The van der Waals surface area contributed by atoms with Crippen LogP contribution in [-0.2, 0) is 12.0 Å². The SMILES string of the molecule is CNc1cc(NCc2ccccn2)nc(C(C)(C)C)n1. The van der Waals surface area contributed by atoms with Crippen molar-refractivity contribution in [3.05, 3.63) is 42.0 Å². The highest BCUT2D eigenvalue weighted by atomic mass is 15.1. The molecule has 0 aromatic carbocycles.